The highest BCUT2D eigenvalue weighted by Crippen LogP contribution is 2.16. The third-order valence-corrected chi connectivity index (χ3v) is 3.50. The highest BCUT2D eigenvalue weighted by molar-refractivity contribution is 5.76. The van der Waals surface area contributed by atoms with Crippen LogP contribution in [0, 0.1) is 13.8 Å². The second-order valence-electron chi connectivity index (χ2n) is 5.08. The molecule has 8 heteroatoms. The number of hydrogen-bond acceptors (Lipinski definition) is 5. The first kappa shape index (κ1) is 13.9. The van der Waals surface area contributed by atoms with Crippen molar-refractivity contribution in [2.24, 2.45) is 5.73 Å². The van der Waals surface area contributed by atoms with Crippen LogP contribution in [0.5, 0.6) is 0 Å². The number of fused-ring (bicyclic) bond motifs is 1. The standard InChI is InChI=1S/C14H14N6O2/c1-8-3-4-10(5-9(8)2)20-13-11(6-16-20)14(22)19(18-17-13)7-12(15)21/h3-6H,7H2,1-2H3,(H2,15,21). The van der Waals surface area contributed by atoms with Crippen LogP contribution in [0.4, 0.5) is 0 Å². The molecule has 1 aromatic carbocycles. The smallest absolute Gasteiger partial charge is 0.281 e. The number of carbonyl (C=O) groups excluding carboxylic acids is 1. The summed E-state index contributed by atoms with van der Waals surface area (Å²) in [7, 11) is 0. The topological polar surface area (TPSA) is 109 Å². The molecular weight excluding hydrogens is 284 g/mol. The van der Waals surface area contributed by atoms with E-state index >= 15 is 0 Å². The Morgan fingerprint density at radius 3 is 2.73 bits per heavy atom. The van der Waals surface area contributed by atoms with Crippen LogP contribution in [0.25, 0.3) is 16.7 Å². The van der Waals surface area contributed by atoms with Gasteiger partial charge < -0.3 is 5.73 Å². The van der Waals surface area contributed by atoms with Crippen LogP contribution in [0.1, 0.15) is 11.1 Å². The third-order valence-electron chi connectivity index (χ3n) is 3.50. The van der Waals surface area contributed by atoms with Gasteiger partial charge in [0, 0.05) is 0 Å². The predicted molar refractivity (Wildman–Crippen MR) is 79.6 cm³/mol. The van der Waals surface area contributed by atoms with Crippen LogP contribution in [0.15, 0.2) is 29.2 Å². The van der Waals surface area contributed by atoms with E-state index in [4.69, 9.17) is 5.73 Å². The molecule has 0 aliphatic rings. The van der Waals surface area contributed by atoms with Gasteiger partial charge in [-0.3, -0.25) is 9.59 Å². The largest absolute Gasteiger partial charge is 0.368 e. The van der Waals surface area contributed by atoms with Gasteiger partial charge in [-0.1, -0.05) is 11.3 Å². The van der Waals surface area contributed by atoms with Crippen LogP contribution >= 0.6 is 0 Å². The van der Waals surface area contributed by atoms with Gasteiger partial charge in [-0.05, 0) is 37.1 Å². The average Bonchev–Trinajstić information content (AvgIpc) is 2.89. The maximum atomic E-state index is 12.2. The Bertz CT molecular complexity index is 940. The lowest BCUT2D eigenvalue weighted by atomic mass is 10.1. The van der Waals surface area contributed by atoms with E-state index in [0.29, 0.717) is 5.65 Å². The van der Waals surface area contributed by atoms with Crippen LogP contribution in [-0.4, -0.2) is 30.7 Å². The quantitative estimate of drug-likeness (QED) is 0.736. The van der Waals surface area contributed by atoms with Gasteiger partial charge in [0.15, 0.2) is 5.65 Å². The number of nitrogens with zero attached hydrogens (tertiary/aromatic N) is 5. The van der Waals surface area contributed by atoms with Gasteiger partial charge in [0.05, 0.1) is 11.9 Å². The van der Waals surface area contributed by atoms with Crippen molar-refractivity contribution in [1.29, 1.82) is 0 Å². The molecule has 0 aliphatic carbocycles. The molecule has 0 aliphatic heterocycles. The van der Waals surface area contributed by atoms with Crippen molar-refractivity contribution in [1.82, 2.24) is 24.8 Å². The Balaban J connectivity index is 2.17. The number of amides is 1. The number of benzene rings is 1. The van der Waals surface area contributed by atoms with Crippen molar-refractivity contribution in [2.45, 2.75) is 20.4 Å². The summed E-state index contributed by atoms with van der Waals surface area (Å²) in [6, 6.07) is 5.82. The Hall–Kier alpha value is -3.03. The normalized spacial score (nSPS) is 11.0. The summed E-state index contributed by atoms with van der Waals surface area (Å²) < 4.78 is 2.47. The fourth-order valence-electron chi connectivity index (χ4n) is 2.16. The monoisotopic (exact) mass is 298 g/mol. The summed E-state index contributed by atoms with van der Waals surface area (Å²) in [5.41, 5.74) is 8.03. The first-order chi connectivity index (χ1) is 10.5. The summed E-state index contributed by atoms with van der Waals surface area (Å²) in [5.74, 6) is -0.655. The maximum Gasteiger partial charge on any atom is 0.281 e. The van der Waals surface area contributed by atoms with Gasteiger partial charge in [0.2, 0.25) is 5.91 Å². The Labute approximate surface area is 125 Å². The first-order valence-electron chi connectivity index (χ1n) is 6.65. The van der Waals surface area contributed by atoms with Crippen molar-refractivity contribution >= 4 is 16.9 Å². The number of aryl methyl sites for hydroxylation is 2. The molecule has 0 bridgehead atoms. The molecule has 0 saturated carbocycles. The zero-order valence-corrected chi connectivity index (χ0v) is 12.1. The number of aromatic nitrogens is 5. The minimum atomic E-state index is -0.655. The molecule has 0 radical (unpaired) electrons. The summed E-state index contributed by atoms with van der Waals surface area (Å²) in [6.07, 6.45) is 1.42. The minimum Gasteiger partial charge on any atom is -0.368 e. The van der Waals surface area contributed by atoms with Gasteiger partial charge in [-0.25, -0.2) is 9.36 Å². The van der Waals surface area contributed by atoms with Crippen molar-refractivity contribution in [2.75, 3.05) is 0 Å². The highest BCUT2D eigenvalue weighted by atomic mass is 16.2. The molecule has 1 amide bonds. The molecule has 2 heterocycles. The zero-order valence-electron chi connectivity index (χ0n) is 12.1. The molecule has 0 saturated heterocycles. The van der Waals surface area contributed by atoms with E-state index in [-0.39, 0.29) is 11.9 Å². The summed E-state index contributed by atoms with van der Waals surface area (Å²) in [4.78, 5) is 23.2. The minimum absolute atomic E-state index is 0.287. The summed E-state index contributed by atoms with van der Waals surface area (Å²) in [6.45, 7) is 3.70. The van der Waals surface area contributed by atoms with Crippen molar-refractivity contribution in [3.63, 3.8) is 0 Å². The van der Waals surface area contributed by atoms with E-state index in [2.05, 4.69) is 15.4 Å². The number of hydrogen-bond donors (Lipinski definition) is 1. The Morgan fingerprint density at radius 2 is 2.05 bits per heavy atom. The van der Waals surface area contributed by atoms with Gasteiger partial charge in [-0.2, -0.15) is 5.10 Å². The maximum absolute atomic E-state index is 12.2. The van der Waals surface area contributed by atoms with Gasteiger partial charge >= 0.3 is 0 Å². The molecule has 0 unspecified atom stereocenters. The molecule has 3 aromatic rings. The Kier molecular flexibility index (Phi) is 3.21. The third kappa shape index (κ3) is 2.24. The van der Waals surface area contributed by atoms with Crippen LogP contribution < -0.4 is 11.3 Å². The second-order valence-corrected chi connectivity index (χ2v) is 5.08. The molecule has 3 rings (SSSR count). The lowest BCUT2D eigenvalue weighted by Crippen LogP contribution is -2.30. The zero-order chi connectivity index (χ0) is 15.9. The fourth-order valence-corrected chi connectivity index (χ4v) is 2.16. The van der Waals surface area contributed by atoms with Crippen LogP contribution in [-0.2, 0) is 11.3 Å². The highest BCUT2D eigenvalue weighted by Gasteiger charge is 2.13. The molecule has 0 fully saturated rings. The van der Waals surface area contributed by atoms with E-state index in [9.17, 15) is 9.59 Å². The van der Waals surface area contributed by atoms with Gasteiger partial charge in [0.1, 0.15) is 11.9 Å². The van der Waals surface area contributed by atoms with E-state index in [1.54, 1.807) is 4.68 Å². The van der Waals surface area contributed by atoms with Crippen molar-refractivity contribution in [3.05, 3.63) is 45.9 Å². The molecule has 0 atom stereocenters. The molecule has 2 aromatic heterocycles. The number of primary amides is 1. The molecular formula is C14H14N6O2. The molecule has 8 nitrogen and oxygen atoms in total. The van der Waals surface area contributed by atoms with E-state index in [1.165, 1.54) is 6.20 Å². The van der Waals surface area contributed by atoms with Crippen molar-refractivity contribution in [3.8, 4) is 5.69 Å². The summed E-state index contributed by atoms with van der Waals surface area (Å²) in [5, 5.41) is 12.2. The predicted octanol–water partition coefficient (Wildman–Crippen LogP) is 0.0793. The van der Waals surface area contributed by atoms with Gasteiger partial charge in [-0.15, -0.1) is 5.10 Å². The molecule has 0 spiro atoms. The fraction of sp³-hybridized carbons (Fsp3) is 0.214. The summed E-state index contributed by atoms with van der Waals surface area (Å²) >= 11 is 0. The first-order valence-corrected chi connectivity index (χ1v) is 6.65. The molecule has 22 heavy (non-hydrogen) atoms. The number of carbonyl (C=O) groups is 1. The van der Waals surface area contributed by atoms with E-state index in [1.807, 2.05) is 32.0 Å². The molecule has 2 N–H and O–H groups in total. The van der Waals surface area contributed by atoms with Crippen LogP contribution in [0.2, 0.25) is 0 Å². The van der Waals surface area contributed by atoms with Gasteiger partial charge in [0.25, 0.3) is 5.56 Å². The molecule has 112 valence electrons. The second kappa shape index (κ2) is 5.06. The SMILES string of the molecule is Cc1ccc(-n2ncc3c(=O)n(CC(N)=O)nnc32)cc1C. The van der Waals surface area contributed by atoms with Crippen LogP contribution in [0.3, 0.4) is 0 Å². The van der Waals surface area contributed by atoms with E-state index in [0.717, 1.165) is 21.5 Å². The lowest BCUT2D eigenvalue weighted by molar-refractivity contribution is -0.118. The number of rotatable bonds is 3. The number of nitrogens with two attached hydrogens (primary N) is 1. The van der Waals surface area contributed by atoms with Crippen molar-refractivity contribution < 1.29 is 4.79 Å². The average molecular weight is 298 g/mol. The Morgan fingerprint density at radius 1 is 1.27 bits per heavy atom. The lowest BCUT2D eigenvalue weighted by Gasteiger charge is -2.06. The van der Waals surface area contributed by atoms with E-state index < -0.39 is 11.5 Å².